The quantitative estimate of drug-likeness (QED) is 0.214. The first-order valence-corrected chi connectivity index (χ1v) is 20.2. The molecule has 5 aromatic rings. The Hall–Kier alpha value is -4.20. The number of hydrogen-bond acceptors (Lipinski definition) is 8. The zero-order valence-corrected chi connectivity index (χ0v) is 30.1. The third-order valence-electron chi connectivity index (χ3n) is 11.0. The minimum absolute atomic E-state index is 0.0159. The number of fused-ring (bicyclic) bond motifs is 4. The highest BCUT2D eigenvalue weighted by Crippen LogP contribution is 2.54. The third-order valence-corrected chi connectivity index (χ3v) is 13.4. The van der Waals surface area contributed by atoms with Crippen molar-refractivity contribution < 1.29 is 22.0 Å². The predicted molar refractivity (Wildman–Crippen MR) is 199 cm³/mol. The number of carbonyl (C=O) groups is 1. The average molecular weight is 723 g/mol. The fraction of sp³-hybridized carbons (Fsp3) is 0.333. The molecule has 0 saturated carbocycles. The SMILES string of the molecule is CN1C(=O)C2(CCNCC2)c2c1cnc1c2c(-c2ccccc2)c(-c2ccc(CN3CCC(CS(=O)[O-])CC3)cc2)n1S(=O)(=O)c1ccccc1. The van der Waals surface area contributed by atoms with Crippen molar-refractivity contribution in [3.63, 3.8) is 0 Å². The van der Waals surface area contributed by atoms with E-state index < -0.39 is 26.5 Å². The van der Waals surface area contributed by atoms with Crippen LogP contribution in [-0.2, 0) is 37.9 Å². The van der Waals surface area contributed by atoms with Crippen LogP contribution in [0.5, 0.6) is 0 Å². The second-order valence-corrected chi connectivity index (χ2v) is 16.7. The van der Waals surface area contributed by atoms with Crippen LogP contribution in [0.3, 0.4) is 0 Å². The minimum atomic E-state index is -4.17. The van der Waals surface area contributed by atoms with Gasteiger partial charge in [-0.15, -0.1) is 0 Å². The van der Waals surface area contributed by atoms with Crippen molar-refractivity contribution in [1.29, 1.82) is 0 Å². The molecule has 8 rings (SSSR count). The molecule has 2 fully saturated rings. The Morgan fingerprint density at radius 2 is 1.57 bits per heavy atom. The van der Waals surface area contributed by atoms with Crippen LogP contribution in [-0.4, -0.2) is 75.9 Å². The lowest BCUT2D eigenvalue weighted by Crippen LogP contribution is -2.46. The van der Waals surface area contributed by atoms with Crippen molar-refractivity contribution in [1.82, 2.24) is 19.2 Å². The number of hydrogen-bond donors (Lipinski definition) is 1. The van der Waals surface area contributed by atoms with Crippen LogP contribution in [0.4, 0.5) is 5.69 Å². The first-order chi connectivity index (χ1) is 24.7. The molecular weight excluding hydrogens is 683 g/mol. The number of rotatable bonds is 8. The number of likely N-dealkylation sites (N-methyl/N-ethyl adjacent to an activating group) is 1. The van der Waals surface area contributed by atoms with Crippen LogP contribution in [0.15, 0.2) is 96.0 Å². The Labute approximate surface area is 300 Å². The second kappa shape index (κ2) is 13.4. The minimum Gasteiger partial charge on any atom is -0.772 e. The fourth-order valence-electron chi connectivity index (χ4n) is 8.41. The highest BCUT2D eigenvalue weighted by atomic mass is 32.2. The van der Waals surface area contributed by atoms with Gasteiger partial charge in [-0.25, -0.2) is 17.4 Å². The number of benzene rings is 3. The topological polar surface area (TPSA) is 128 Å². The lowest BCUT2D eigenvalue weighted by Gasteiger charge is -2.33. The van der Waals surface area contributed by atoms with Gasteiger partial charge in [0.15, 0.2) is 5.65 Å². The Balaban J connectivity index is 1.34. The van der Waals surface area contributed by atoms with Crippen LogP contribution in [0.2, 0.25) is 0 Å². The first kappa shape index (κ1) is 33.9. The summed E-state index contributed by atoms with van der Waals surface area (Å²) in [5.41, 5.74) is 4.95. The van der Waals surface area contributed by atoms with E-state index in [0.29, 0.717) is 54.9 Å². The second-order valence-electron chi connectivity index (χ2n) is 14.0. The summed E-state index contributed by atoms with van der Waals surface area (Å²) in [6.45, 7) is 3.72. The highest BCUT2D eigenvalue weighted by molar-refractivity contribution is 7.90. The molecule has 3 aliphatic heterocycles. The van der Waals surface area contributed by atoms with Gasteiger partial charge in [-0.3, -0.25) is 13.9 Å². The lowest BCUT2D eigenvalue weighted by atomic mass is 9.72. The number of amides is 1. The number of nitrogens with zero attached hydrogens (tertiary/aromatic N) is 4. The summed E-state index contributed by atoms with van der Waals surface area (Å²) < 4.78 is 53.6. The zero-order chi connectivity index (χ0) is 35.3. The maximum atomic E-state index is 14.9. The van der Waals surface area contributed by atoms with Crippen molar-refractivity contribution in [2.45, 2.75) is 42.5 Å². The van der Waals surface area contributed by atoms with E-state index >= 15 is 0 Å². The van der Waals surface area contributed by atoms with Gasteiger partial charge in [0, 0.05) is 35.9 Å². The van der Waals surface area contributed by atoms with E-state index in [-0.39, 0.29) is 22.5 Å². The Morgan fingerprint density at radius 1 is 0.922 bits per heavy atom. The molecule has 1 N–H and O–H groups in total. The van der Waals surface area contributed by atoms with Gasteiger partial charge in [0.2, 0.25) is 5.91 Å². The molecule has 12 heteroatoms. The molecule has 5 heterocycles. The maximum absolute atomic E-state index is 14.9. The summed E-state index contributed by atoms with van der Waals surface area (Å²) in [4.78, 5) is 23.3. The molecule has 1 spiro atoms. The first-order valence-electron chi connectivity index (χ1n) is 17.5. The van der Waals surface area contributed by atoms with E-state index in [1.54, 1.807) is 48.5 Å². The standard InChI is InChI=1S/C39H41N5O5S2/c1-42-32-24-41-37-34(35(32)39(38(42)45)18-20-40-21-19-39)33(29-8-4-2-5-9-29)36(44(37)51(48,49)31-10-6-3-7-11-31)30-14-12-27(13-15-30)25-43-22-16-28(17-23-43)26-50(46)47/h2-15,24,28,40H,16-23,25-26H2,1H3,(H,46,47)/p-1. The van der Waals surface area contributed by atoms with Gasteiger partial charge in [-0.05, 0) is 86.6 Å². The molecule has 2 aromatic heterocycles. The van der Waals surface area contributed by atoms with E-state index in [1.165, 1.54) is 3.97 Å². The van der Waals surface area contributed by atoms with Gasteiger partial charge in [-0.1, -0.05) is 83.9 Å². The van der Waals surface area contributed by atoms with Crippen LogP contribution in [0, 0.1) is 5.92 Å². The molecule has 0 radical (unpaired) electrons. The molecule has 2 saturated heterocycles. The summed E-state index contributed by atoms with van der Waals surface area (Å²) in [5.74, 6) is 0.426. The molecule has 1 atom stereocenters. The van der Waals surface area contributed by atoms with E-state index in [1.807, 2.05) is 54.6 Å². The van der Waals surface area contributed by atoms with Crippen LogP contribution < -0.4 is 10.2 Å². The van der Waals surface area contributed by atoms with E-state index in [0.717, 1.165) is 53.7 Å². The molecule has 1 unspecified atom stereocenters. The monoisotopic (exact) mass is 722 g/mol. The zero-order valence-electron chi connectivity index (χ0n) is 28.5. The van der Waals surface area contributed by atoms with Crippen molar-refractivity contribution >= 4 is 43.7 Å². The number of piperidine rings is 2. The third kappa shape index (κ3) is 5.83. The number of pyridine rings is 1. The molecule has 51 heavy (non-hydrogen) atoms. The number of likely N-dealkylation sites (tertiary alicyclic amines) is 1. The average Bonchev–Trinajstić information content (AvgIpc) is 3.60. The van der Waals surface area contributed by atoms with E-state index in [4.69, 9.17) is 4.98 Å². The maximum Gasteiger partial charge on any atom is 0.269 e. The summed E-state index contributed by atoms with van der Waals surface area (Å²) >= 11 is -2.02. The summed E-state index contributed by atoms with van der Waals surface area (Å²) in [6.07, 6.45) is 4.56. The largest absolute Gasteiger partial charge is 0.772 e. The summed E-state index contributed by atoms with van der Waals surface area (Å²) in [5, 5.41) is 4.11. The summed E-state index contributed by atoms with van der Waals surface area (Å²) in [7, 11) is -2.38. The van der Waals surface area contributed by atoms with Crippen molar-refractivity contribution in [2.75, 3.05) is 43.9 Å². The molecule has 3 aromatic carbocycles. The molecule has 10 nitrogen and oxygen atoms in total. The number of carbonyl (C=O) groups excluding carboxylic acids is 1. The fourth-order valence-corrected chi connectivity index (χ4v) is 10.6. The molecule has 1 amide bonds. The molecule has 0 aliphatic carbocycles. The molecule has 264 valence electrons. The van der Waals surface area contributed by atoms with Crippen LogP contribution >= 0.6 is 0 Å². The Bertz CT molecular complexity index is 2230. The van der Waals surface area contributed by atoms with Crippen molar-refractivity contribution in [3.8, 4) is 22.4 Å². The van der Waals surface area contributed by atoms with Gasteiger partial charge < -0.3 is 14.8 Å². The van der Waals surface area contributed by atoms with Gasteiger partial charge in [0.25, 0.3) is 10.0 Å². The van der Waals surface area contributed by atoms with Gasteiger partial charge in [0.05, 0.1) is 27.9 Å². The highest BCUT2D eigenvalue weighted by Gasteiger charge is 2.52. The molecule has 3 aliphatic rings. The predicted octanol–water partition coefficient (Wildman–Crippen LogP) is 5.30. The van der Waals surface area contributed by atoms with Crippen LogP contribution in [0.1, 0.15) is 36.8 Å². The van der Waals surface area contributed by atoms with Gasteiger partial charge >= 0.3 is 0 Å². The van der Waals surface area contributed by atoms with Crippen LogP contribution in [0.25, 0.3) is 33.4 Å². The number of aromatic nitrogens is 2. The number of nitrogens with one attached hydrogen (secondary N) is 1. The Morgan fingerprint density at radius 3 is 2.22 bits per heavy atom. The van der Waals surface area contributed by atoms with Gasteiger partial charge in [-0.2, -0.15) is 0 Å². The number of anilines is 1. The van der Waals surface area contributed by atoms with E-state index in [2.05, 4.69) is 10.2 Å². The smallest absolute Gasteiger partial charge is 0.269 e. The van der Waals surface area contributed by atoms with Crippen molar-refractivity contribution in [2.24, 2.45) is 5.92 Å². The van der Waals surface area contributed by atoms with Crippen molar-refractivity contribution in [3.05, 3.63) is 102 Å². The Kier molecular flexibility index (Phi) is 8.92. The van der Waals surface area contributed by atoms with Gasteiger partial charge in [0.1, 0.15) is 0 Å². The molecule has 0 bridgehead atoms. The molecular formula is C39H40N5O5S2-. The lowest BCUT2D eigenvalue weighted by molar-refractivity contribution is -0.123. The van der Waals surface area contributed by atoms with E-state index in [9.17, 15) is 22.0 Å². The summed E-state index contributed by atoms with van der Waals surface area (Å²) in [6, 6.07) is 26.3. The normalized spacial score (nSPS) is 18.8.